The van der Waals surface area contributed by atoms with Gasteiger partial charge >= 0.3 is 0 Å². The quantitative estimate of drug-likeness (QED) is 0.810. The second-order valence-electron chi connectivity index (χ2n) is 4.94. The number of aryl methyl sites for hydroxylation is 1. The monoisotopic (exact) mass is 300 g/mol. The van der Waals surface area contributed by atoms with Crippen LogP contribution in [-0.4, -0.2) is 28.1 Å². The molecule has 0 saturated carbocycles. The van der Waals surface area contributed by atoms with Gasteiger partial charge in [-0.1, -0.05) is 0 Å². The number of nitrogens with zero attached hydrogens (tertiary/aromatic N) is 2. The molecule has 20 heavy (non-hydrogen) atoms. The van der Waals surface area contributed by atoms with Crippen LogP contribution in [0.15, 0.2) is 12.1 Å². The van der Waals surface area contributed by atoms with Crippen LogP contribution in [0.5, 0.6) is 0 Å². The Labute approximate surface area is 120 Å². The molecule has 3 rings (SSSR count). The zero-order valence-electron chi connectivity index (χ0n) is 10.9. The van der Waals surface area contributed by atoms with Gasteiger partial charge in [0.2, 0.25) is 0 Å². The number of imidazole rings is 1. The Morgan fingerprint density at radius 3 is 2.95 bits per heavy atom. The summed E-state index contributed by atoms with van der Waals surface area (Å²) in [5.74, 6) is -0.647. The van der Waals surface area contributed by atoms with Crippen molar-refractivity contribution < 1.29 is 13.5 Å². The van der Waals surface area contributed by atoms with Gasteiger partial charge in [0.25, 0.3) is 0 Å². The van der Waals surface area contributed by atoms with Crippen molar-refractivity contribution in [3.05, 3.63) is 29.6 Å². The molecule has 0 bridgehead atoms. The van der Waals surface area contributed by atoms with Gasteiger partial charge < -0.3 is 9.30 Å². The average molecular weight is 301 g/mol. The van der Waals surface area contributed by atoms with Crippen LogP contribution in [0.4, 0.5) is 8.78 Å². The number of alkyl halides is 1. The summed E-state index contributed by atoms with van der Waals surface area (Å²) in [5, 5.41) is 0. The van der Waals surface area contributed by atoms with E-state index in [0.29, 0.717) is 30.2 Å². The summed E-state index contributed by atoms with van der Waals surface area (Å²) in [5.41, 5.74) is 0.669. The first kappa shape index (κ1) is 13.8. The van der Waals surface area contributed by atoms with Crippen molar-refractivity contribution in [1.29, 1.82) is 0 Å². The van der Waals surface area contributed by atoms with Gasteiger partial charge in [0, 0.05) is 18.9 Å². The molecule has 1 aliphatic heterocycles. The topological polar surface area (TPSA) is 27.1 Å². The third kappa shape index (κ3) is 2.40. The van der Waals surface area contributed by atoms with E-state index in [9.17, 15) is 8.78 Å². The molecule has 1 atom stereocenters. The van der Waals surface area contributed by atoms with Crippen LogP contribution in [0, 0.1) is 11.6 Å². The molecule has 1 fully saturated rings. The highest BCUT2D eigenvalue weighted by Crippen LogP contribution is 2.25. The lowest BCUT2D eigenvalue weighted by molar-refractivity contribution is 0.0971. The molecule has 108 valence electrons. The predicted molar refractivity (Wildman–Crippen MR) is 73.0 cm³/mol. The summed E-state index contributed by atoms with van der Waals surface area (Å²) in [4.78, 5) is 4.36. The van der Waals surface area contributed by atoms with E-state index >= 15 is 0 Å². The summed E-state index contributed by atoms with van der Waals surface area (Å²) in [6.45, 7) is 1.21. The summed E-state index contributed by atoms with van der Waals surface area (Å²) in [6, 6.07) is 2.60. The standard InChI is InChI=1S/C14H15ClF2N2O/c15-6-5-12-18-11-4-3-10(16)13(17)14(11)19(12)8-9-2-1-7-20-9/h3-4,9H,1-2,5-8H2. The number of fused-ring (bicyclic) bond motifs is 1. The van der Waals surface area contributed by atoms with E-state index in [1.165, 1.54) is 6.07 Å². The van der Waals surface area contributed by atoms with E-state index in [0.717, 1.165) is 25.5 Å². The highest BCUT2D eigenvalue weighted by atomic mass is 35.5. The van der Waals surface area contributed by atoms with Gasteiger partial charge in [0.15, 0.2) is 11.6 Å². The fraction of sp³-hybridized carbons (Fsp3) is 0.500. The maximum Gasteiger partial charge on any atom is 0.184 e. The Hall–Kier alpha value is -1.20. The van der Waals surface area contributed by atoms with Crippen molar-refractivity contribution in [3.63, 3.8) is 0 Å². The number of halogens is 3. The average Bonchev–Trinajstić information content (AvgIpc) is 3.04. The fourth-order valence-electron chi connectivity index (χ4n) is 2.67. The fourth-order valence-corrected chi connectivity index (χ4v) is 2.84. The maximum absolute atomic E-state index is 14.1. The third-order valence-electron chi connectivity index (χ3n) is 3.61. The molecule has 1 aromatic carbocycles. The van der Waals surface area contributed by atoms with Crippen LogP contribution in [-0.2, 0) is 17.7 Å². The molecule has 2 heterocycles. The second kappa shape index (κ2) is 5.66. The van der Waals surface area contributed by atoms with E-state index in [1.807, 2.05) is 0 Å². The first-order valence-corrected chi connectivity index (χ1v) is 7.25. The lowest BCUT2D eigenvalue weighted by Gasteiger charge is -2.14. The first-order valence-electron chi connectivity index (χ1n) is 6.71. The Bertz CT molecular complexity index is 623. The first-order chi connectivity index (χ1) is 9.70. The lowest BCUT2D eigenvalue weighted by atomic mass is 10.2. The molecule has 1 aliphatic rings. The van der Waals surface area contributed by atoms with Crippen LogP contribution >= 0.6 is 11.6 Å². The van der Waals surface area contributed by atoms with Gasteiger partial charge in [-0.25, -0.2) is 13.8 Å². The van der Waals surface area contributed by atoms with Gasteiger partial charge in [-0.15, -0.1) is 11.6 Å². The molecule has 1 unspecified atom stereocenters. The highest BCUT2D eigenvalue weighted by Gasteiger charge is 2.22. The number of benzene rings is 1. The van der Waals surface area contributed by atoms with Crippen molar-refractivity contribution in [3.8, 4) is 0 Å². The molecule has 1 saturated heterocycles. The molecule has 2 aromatic rings. The van der Waals surface area contributed by atoms with Gasteiger partial charge in [-0.3, -0.25) is 0 Å². The molecule has 6 heteroatoms. The smallest absolute Gasteiger partial charge is 0.184 e. The van der Waals surface area contributed by atoms with Crippen LogP contribution in [0.1, 0.15) is 18.7 Å². The molecule has 0 N–H and O–H groups in total. The molecular weight excluding hydrogens is 286 g/mol. The van der Waals surface area contributed by atoms with E-state index in [4.69, 9.17) is 16.3 Å². The van der Waals surface area contributed by atoms with Crippen molar-refractivity contribution in [2.45, 2.75) is 31.9 Å². The minimum Gasteiger partial charge on any atom is -0.376 e. The van der Waals surface area contributed by atoms with Crippen molar-refractivity contribution in [2.75, 3.05) is 12.5 Å². The normalized spacial score (nSPS) is 19.1. The van der Waals surface area contributed by atoms with Crippen LogP contribution < -0.4 is 0 Å². The number of rotatable bonds is 4. The Balaban J connectivity index is 2.08. The minimum atomic E-state index is -0.858. The van der Waals surface area contributed by atoms with Gasteiger partial charge in [0.05, 0.1) is 18.2 Å². The predicted octanol–water partition coefficient (Wildman–Crippen LogP) is 3.27. The molecule has 0 spiro atoms. The van der Waals surface area contributed by atoms with E-state index in [-0.39, 0.29) is 11.6 Å². The zero-order valence-corrected chi connectivity index (χ0v) is 11.7. The number of hydrogen-bond acceptors (Lipinski definition) is 2. The summed E-state index contributed by atoms with van der Waals surface area (Å²) < 4.78 is 34.8. The second-order valence-corrected chi connectivity index (χ2v) is 5.32. The molecule has 1 aromatic heterocycles. The number of hydrogen-bond donors (Lipinski definition) is 0. The van der Waals surface area contributed by atoms with Crippen molar-refractivity contribution >= 4 is 22.6 Å². The molecule has 3 nitrogen and oxygen atoms in total. The summed E-state index contributed by atoms with van der Waals surface area (Å²) in [7, 11) is 0. The van der Waals surface area contributed by atoms with Crippen molar-refractivity contribution in [1.82, 2.24) is 9.55 Å². The van der Waals surface area contributed by atoms with E-state index in [1.54, 1.807) is 4.57 Å². The van der Waals surface area contributed by atoms with Gasteiger partial charge in [-0.05, 0) is 25.0 Å². The molecular formula is C14H15ClF2N2O. The number of aromatic nitrogens is 2. The SMILES string of the molecule is Fc1ccc2nc(CCCl)n(CC3CCCO3)c2c1F. The molecule has 0 amide bonds. The van der Waals surface area contributed by atoms with E-state index in [2.05, 4.69) is 4.98 Å². The summed E-state index contributed by atoms with van der Waals surface area (Å²) >= 11 is 5.77. The van der Waals surface area contributed by atoms with Crippen LogP contribution in [0.3, 0.4) is 0 Å². The third-order valence-corrected chi connectivity index (χ3v) is 3.80. The minimum absolute atomic E-state index is 0.0316. The van der Waals surface area contributed by atoms with Gasteiger partial charge in [-0.2, -0.15) is 0 Å². The highest BCUT2D eigenvalue weighted by molar-refractivity contribution is 6.17. The molecule has 0 aliphatic carbocycles. The van der Waals surface area contributed by atoms with E-state index < -0.39 is 11.6 Å². The van der Waals surface area contributed by atoms with Gasteiger partial charge in [0.1, 0.15) is 11.3 Å². The Morgan fingerprint density at radius 1 is 1.40 bits per heavy atom. The molecule has 0 radical (unpaired) electrons. The van der Waals surface area contributed by atoms with Crippen molar-refractivity contribution in [2.24, 2.45) is 0 Å². The maximum atomic E-state index is 14.1. The lowest BCUT2D eigenvalue weighted by Crippen LogP contribution is -2.17. The largest absolute Gasteiger partial charge is 0.376 e. The Morgan fingerprint density at radius 2 is 2.25 bits per heavy atom. The number of ether oxygens (including phenoxy) is 1. The zero-order chi connectivity index (χ0) is 14.1. The Kier molecular flexibility index (Phi) is 3.89. The summed E-state index contributed by atoms with van der Waals surface area (Å²) in [6.07, 6.45) is 2.48. The van der Waals surface area contributed by atoms with Crippen LogP contribution in [0.2, 0.25) is 0 Å². The van der Waals surface area contributed by atoms with Crippen LogP contribution in [0.25, 0.3) is 11.0 Å².